The van der Waals surface area contributed by atoms with Crippen LogP contribution in [0, 0.1) is 0 Å². The van der Waals surface area contributed by atoms with E-state index in [4.69, 9.17) is 10.5 Å². The molecule has 0 fully saturated rings. The fraction of sp³-hybridized carbons (Fsp3) is 0.500. The van der Waals surface area contributed by atoms with Crippen molar-refractivity contribution in [3.8, 4) is 11.5 Å². The quantitative estimate of drug-likeness (QED) is 0.808. The number of carbonyl (C=O) groups is 1. The molecule has 0 aromatic heterocycles. The summed E-state index contributed by atoms with van der Waals surface area (Å²) in [6.45, 7) is 2.18. The average Bonchev–Trinajstić information content (AvgIpc) is 2.37. The minimum absolute atomic E-state index is 0.0163. The van der Waals surface area contributed by atoms with E-state index < -0.39 is 18.1 Å². The van der Waals surface area contributed by atoms with E-state index in [0.717, 1.165) is 0 Å². The van der Waals surface area contributed by atoms with Gasteiger partial charge in [-0.1, -0.05) is 12.1 Å². The second kappa shape index (κ2) is 7.21. The Balaban J connectivity index is 2.94. The van der Waals surface area contributed by atoms with Crippen LogP contribution in [0.4, 0.5) is 8.78 Å². The normalized spacial score (nSPS) is 11.4. The molecule has 0 saturated heterocycles. The molecule has 0 aliphatic carbocycles. The molecule has 1 aromatic carbocycles. The molecule has 0 unspecified atom stereocenters. The van der Waals surface area contributed by atoms with Crippen molar-refractivity contribution in [2.45, 2.75) is 39.5 Å². The number of halogens is 2. The van der Waals surface area contributed by atoms with Gasteiger partial charge < -0.3 is 20.5 Å². The van der Waals surface area contributed by atoms with Crippen molar-refractivity contribution in [2.24, 2.45) is 5.73 Å². The van der Waals surface area contributed by atoms with Crippen molar-refractivity contribution in [3.63, 3.8) is 0 Å². The number of nitrogens with two attached hydrogens (primary N) is 1. The molecular weight excluding hydrogens is 282 g/mol. The van der Waals surface area contributed by atoms with Crippen molar-refractivity contribution in [2.75, 3.05) is 6.61 Å². The van der Waals surface area contributed by atoms with Crippen LogP contribution in [0.15, 0.2) is 18.2 Å². The van der Waals surface area contributed by atoms with Crippen LogP contribution in [0.2, 0.25) is 0 Å². The molecular formula is C14H20F2N2O3. The zero-order valence-electron chi connectivity index (χ0n) is 12.3. The number of alkyl halides is 2. The number of benzene rings is 1. The first-order valence-electron chi connectivity index (χ1n) is 6.52. The molecule has 1 aromatic rings. The van der Waals surface area contributed by atoms with Crippen LogP contribution >= 0.6 is 0 Å². The number of amides is 1. The highest BCUT2D eigenvalue weighted by atomic mass is 19.3. The first kappa shape index (κ1) is 17.2. The van der Waals surface area contributed by atoms with Crippen LogP contribution in [0.25, 0.3) is 0 Å². The summed E-state index contributed by atoms with van der Waals surface area (Å²) < 4.78 is 34.8. The molecule has 7 heteroatoms. The van der Waals surface area contributed by atoms with Gasteiger partial charge in [0.15, 0.2) is 11.5 Å². The Hall–Kier alpha value is -1.89. The van der Waals surface area contributed by atoms with E-state index in [0.29, 0.717) is 12.2 Å². The van der Waals surface area contributed by atoms with Crippen LogP contribution in [-0.2, 0) is 11.3 Å². The Labute approximate surface area is 122 Å². The summed E-state index contributed by atoms with van der Waals surface area (Å²) in [5, 5.41) is 2.58. The summed E-state index contributed by atoms with van der Waals surface area (Å²) in [5.41, 5.74) is 4.99. The summed E-state index contributed by atoms with van der Waals surface area (Å²) in [7, 11) is 0. The van der Waals surface area contributed by atoms with Gasteiger partial charge >= 0.3 is 6.61 Å². The molecule has 0 aliphatic rings. The highest BCUT2D eigenvalue weighted by Gasteiger charge is 2.22. The highest BCUT2D eigenvalue weighted by Crippen LogP contribution is 2.32. The van der Waals surface area contributed by atoms with Crippen LogP contribution in [0.3, 0.4) is 0 Å². The smallest absolute Gasteiger partial charge is 0.387 e. The fourth-order valence-corrected chi connectivity index (χ4v) is 1.60. The molecule has 21 heavy (non-hydrogen) atoms. The lowest BCUT2D eigenvalue weighted by Crippen LogP contribution is -2.48. The maximum atomic E-state index is 12.5. The average molecular weight is 302 g/mol. The third-order valence-electron chi connectivity index (χ3n) is 2.59. The zero-order chi connectivity index (χ0) is 16.0. The summed E-state index contributed by atoms with van der Waals surface area (Å²) in [6.07, 6.45) is 0. The van der Waals surface area contributed by atoms with Gasteiger partial charge in [0.25, 0.3) is 0 Å². The lowest BCUT2D eigenvalue weighted by atomic mass is 10.1. The second-order valence-corrected chi connectivity index (χ2v) is 4.96. The summed E-state index contributed by atoms with van der Waals surface area (Å²) in [4.78, 5) is 11.7. The highest BCUT2D eigenvalue weighted by molar-refractivity contribution is 5.85. The molecule has 0 spiro atoms. The predicted octanol–water partition coefficient (Wildman–Crippen LogP) is 2.04. The fourth-order valence-electron chi connectivity index (χ4n) is 1.60. The van der Waals surface area contributed by atoms with E-state index in [-0.39, 0.29) is 18.0 Å². The van der Waals surface area contributed by atoms with Crippen LogP contribution in [-0.4, -0.2) is 24.7 Å². The van der Waals surface area contributed by atoms with Gasteiger partial charge in [0, 0.05) is 12.1 Å². The molecule has 0 radical (unpaired) electrons. The van der Waals surface area contributed by atoms with E-state index in [2.05, 4.69) is 10.1 Å². The zero-order valence-corrected chi connectivity index (χ0v) is 12.3. The molecule has 0 saturated carbocycles. The molecule has 118 valence electrons. The maximum Gasteiger partial charge on any atom is 0.387 e. The number of ether oxygens (including phenoxy) is 2. The largest absolute Gasteiger partial charge is 0.490 e. The first-order chi connectivity index (χ1) is 9.75. The number of carbonyl (C=O) groups excluding carboxylic acids is 1. The van der Waals surface area contributed by atoms with Gasteiger partial charge in [-0.3, -0.25) is 4.79 Å². The van der Waals surface area contributed by atoms with Crippen molar-refractivity contribution >= 4 is 5.91 Å². The van der Waals surface area contributed by atoms with Gasteiger partial charge in [0.1, 0.15) is 0 Å². The van der Waals surface area contributed by atoms with Gasteiger partial charge in [-0.05, 0) is 26.8 Å². The minimum Gasteiger partial charge on any atom is -0.490 e. The van der Waals surface area contributed by atoms with Crippen molar-refractivity contribution in [1.29, 1.82) is 0 Å². The van der Waals surface area contributed by atoms with Crippen LogP contribution < -0.4 is 20.5 Å². The van der Waals surface area contributed by atoms with Crippen molar-refractivity contribution < 1.29 is 23.0 Å². The maximum absolute atomic E-state index is 12.5. The predicted molar refractivity (Wildman–Crippen MR) is 74.4 cm³/mol. The van der Waals surface area contributed by atoms with Gasteiger partial charge in [-0.15, -0.1) is 0 Å². The topological polar surface area (TPSA) is 73.6 Å². The van der Waals surface area contributed by atoms with Crippen LogP contribution in [0.5, 0.6) is 11.5 Å². The number of para-hydroxylation sites is 1. The van der Waals surface area contributed by atoms with E-state index in [1.165, 1.54) is 6.07 Å². The Morgan fingerprint density at radius 2 is 2.10 bits per heavy atom. The van der Waals surface area contributed by atoms with E-state index in [1.54, 1.807) is 32.9 Å². The summed E-state index contributed by atoms with van der Waals surface area (Å²) >= 11 is 0. The summed E-state index contributed by atoms with van der Waals surface area (Å²) in [5.74, 6) is -0.270. The third-order valence-corrected chi connectivity index (χ3v) is 2.59. The standard InChI is InChI=1S/C14H20F2N2O3/c1-4-20-10-7-5-6-9(11(10)21-13(15)16)8-18-12(19)14(2,3)17/h5-7,13H,4,8,17H2,1-3H3,(H,18,19). The molecule has 5 nitrogen and oxygen atoms in total. The molecule has 1 amide bonds. The van der Waals surface area contributed by atoms with Crippen molar-refractivity contribution in [3.05, 3.63) is 23.8 Å². The van der Waals surface area contributed by atoms with Gasteiger partial charge in [-0.25, -0.2) is 0 Å². The Kier molecular flexibility index (Phi) is 5.90. The number of hydrogen-bond donors (Lipinski definition) is 2. The number of hydrogen-bond acceptors (Lipinski definition) is 4. The van der Waals surface area contributed by atoms with Crippen molar-refractivity contribution in [1.82, 2.24) is 5.32 Å². The van der Waals surface area contributed by atoms with Gasteiger partial charge in [0.2, 0.25) is 5.91 Å². The molecule has 0 heterocycles. The Bertz CT molecular complexity index is 488. The minimum atomic E-state index is -2.98. The first-order valence-corrected chi connectivity index (χ1v) is 6.52. The molecule has 3 N–H and O–H groups in total. The van der Waals surface area contributed by atoms with E-state index in [1.807, 2.05) is 0 Å². The Morgan fingerprint density at radius 1 is 1.43 bits per heavy atom. The van der Waals surface area contributed by atoms with Gasteiger partial charge in [-0.2, -0.15) is 8.78 Å². The van der Waals surface area contributed by atoms with Gasteiger partial charge in [0.05, 0.1) is 12.1 Å². The number of nitrogens with one attached hydrogen (secondary N) is 1. The SMILES string of the molecule is CCOc1cccc(CNC(=O)C(C)(C)N)c1OC(F)F. The summed E-state index contributed by atoms with van der Waals surface area (Å²) in [6, 6.07) is 4.74. The van der Waals surface area contributed by atoms with E-state index in [9.17, 15) is 13.6 Å². The lowest BCUT2D eigenvalue weighted by Gasteiger charge is -2.19. The number of rotatable bonds is 7. The third kappa shape index (κ3) is 5.18. The molecule has 1 rings (SSSR count). The molecule has 0 bridgehead atoms. The van der Waals surface area contributed by atoms with Crippen LogP contribution in [0.1, 0.15) is 26.3 Å². The van der Waals surface area contributed by atoms with E-state index >= 15 is 0 Å². The molecule has 0 atom stereocenters. The monoisotopic (exact) mass is 302 g/mol. The molecule has 0 aliphatic heterocycles. The lowest BCUT2D eigenvalue weighted by molar-refractivity contribution is -0.125. The Morgan fingerprint density at radius 3 is 2.62 bits per heavy atom. The second-order valence-electron chi connectivity index (χ2n) is 4.96.